The van der Waals surface area contributed by atoms with E-state index in [1.54, 1.807) is 24.3 Å². The maximum atomic E-state index is 12.6. The first-order valence-corrected chi connectivity index (χ1v) is 11.3. The number of carbonyl (C=O) groups excluding carboxylic acids is 1. The molecule has 2 aromatic rings. The first-order chi connectivity index (χ1) is 12.3. The monoisotopic (exact) mass is 416 g/mol. The van der Waals surface area contributed by atoms with Gasteiger partial charge in [0.1, 0.15) is 11.8 Å². The van der Waals surface area contributed by atoms with Gasteiger partial charge in [0.25, 0.3) is 0 Å². The van der Waals surface area contributed by atoms with Crippen molar-refractivity contribution in [3.63, 3.8) is 0 Å². The number of hydrogen-bond acceptors (Lipinski definition) is 8. The zero-order valence-electron chi connectivity index (χ0n) is 14.8. The zero-order valence-corrected chi connectivity index (χ0v) is 17.2. The summed E-state index contributed by atoms with van der Waals surface area (Å²) < 4.78 is 31.4. The maximum absolute atomic E-state index is 12.6. The molecule has 1 aromatic carbocycles. The van der Waals surface area contributed by atoms with Crippen molar-refractivity contribution in [2.24, 2.45) is 0 Å². The first kappa shape index (κ1) is 20.5. The fourth-order valence-corrected chi connectivity index (χ4v) is 5.02. The number of thioether (sulfide) groups is 1. The lowest BCUT2D eigenvalue weighted by Crippen LogP contribution is -2.45. The highest BCUT2D eigenvalue weighted by molar-refractivity contribution is 8.01. The van der Waals surface area contributed by atoms with E-state index in [0.717, 1.165) is 20.7 Å². The Hall–Kier alpha value is -1.85. The number of rotatable bonds is 8. The largest absolute Gasteiger partial charge is 0.497 e. The molecule has 8 nitrogen and oxygen atoms in total. The van der Waals surface area contributed by atoms with Crippen molar-refractivity contribution in [3.05, 3.63) is 24.3 Å². The molecule has 1 atom stereocenters. The quantitative estimate of drug-likeness (QED) is 0.521. The number of methoxy groups -OCH3 is 1. The van der Waals surface area contributed by atoms with Gasteiger partial charge in [-0.25, -0.2) is 8.42 Å². The molecule has 0 aliphatic rings. The lowest BCUT2D eigenvalue weighted by molar-refractivity contribution is -0.116. The van der Waals surface area contributed by atoms with Gasteiger partial charge in [-0.3, -0.25) is 14.4 Å². The van der Waals surface area contributed by atoms with Crippen molar-refractivity contribution in [2.45, 2.75) is 24.2 Å². The standard InChI is InChI=1S/C15H20N4O4S3/c1-5-24-15-18-17-14(25-15)16-13(20)10(2)19(26(4,21)22)11-6-8-12(23-3)9-7-11/h6-10H,5H2,1-4H3,(H,16,17,20). The predicted octanol–water partition coefficient (Wildman–Crippen LogP) is 2.45. The number of anilines is 2. The third kappa shape index (κ3) is 5.08. The Kier molecular flexibility index (Phi) is 6.84. The van der Waals surface area contributed by atoms with Gasteiger partial charge in [0, 0.05) is 0 Å². The molecule has 0 aliphatic carbocycles. The molecule has 0 aliphatic heterocycles. The van der Waals surface area contributed by atoms with E-state index in [1.807, 2.05) is 6.92 Å². The number of hydrogen-bond donors (Lipinski definition) is 1. The summed E-state index contributed by atoms with van der Waals surface area (Å²) in [5.41, 5.74) is 0.371. The molecule has 0 saturated carbocycles. The van der Waals surface area contributed by atoms with E-state index in [2.05, 4.69) is 15.5 Å². The third-order valence-electron chi connectivity index (χ3n) is 3.32. The van der Waals surface area contributed by atoms with E-state index in [9.17, 15) is 13.2 Å². The molecule has 1 heterocycles. The molecule has 11 heteroatoms. The number of sulfonamides is 1. The van der Waals surface area contributed by atoms with Crippen LogP contribution in [0.1, 0.15) is 13.8 Å². The second-order valence-electron chi connectivity index (χ2n) is 5.23. The van der Waals surface area contributed by atoms with Crippen LogP contribution in [-0.2, 0) is 14.8 Å². The average molecular weight is 417 g/mol. The van der Waals surface area contributed by atoms with Crippen LogP contribution < -0.4 is 14.4 Å². The number of benzene rings is 1. The van der Waals surface area contributed by atoms with E-state index < -0.39 is 22.0 Å². The summed E-state index contributed by atoms with van der Waals surface area (Å²) >= 11 is 2.77. The molecule has 1 aromatic heterocycles. The normalized spacial score (nSPS) is 12.5. The minimum Gasteiger partial charge on any atom is -0.497 e. The number of ether oxygens (including phenoxy) is 1. The average Bonchev–Trinajstić information content (AvgIpc) is 3.01. The van der Waals surface area contributed by atoms with Gasteiger partial charge in [0.2, 0.25) is 21.1 Å². The maximum Gasteiger partial charge on any atom is 0.249 e. The predicted molar refractivity (Wildman–Crippen MR) is 105 cm³/mol. The van der Waals surface area contributed by atoms with E-state index in [0.29, 0.717) is 16.6 Å². The third-order valence-corrected chi connectivity index (χ3v) is 6.42. The van der Waals surface area contributed by atoms with Crippen molar-refractivity contribution in [1.29, 1.82) is 0 Å². The molecule has 1 unspecified atom stereocenters. The topological polar surface area (TPSA) is 101 Å². The zero-order chi connectivity index (χ0) is 19.3. The van der Waals surface area contributed by atoms with Crippen molar-refractivity contribution < 1.29 is 17.9 Å². The Bertz CT molecular complexity index is 852. The Morgan fingerprint density at radius 3 is 2.54 bits per heavy atom. The number of nitrogens with zero attached hydrogens (tertiary/aromatic N) is 3. The molecule has 1 N–H and O–H groups in total. The minimum absolute atomic E-state index is 0.334. The molecule has 0 fully saturated rings. The second-order valence-corrected chi connectivity index (χ2v) is 9.58. The van der Waals surface area contributed by atoms with E-state index >= 15 is 0 Å². The van der Waals surface area contributed by atoms with Gasteiger partial charge in [-0.05, 0) is 36.9 Å². The molecular weight excluding hydrogens is 396 g/mol. The highest BCUT2D eigenvalue weighted by Crippen LogP contribution is 2.27. The summed E-state index contributed by atoms with van der Waals surface area (Å²) in [4.78, 5) is 12.6. The van der Waals surface area contributed by atoms with Gasteiger partial charge >= 0.3 is 0 Å². The van der Waals surface area contributed by atoms with Crippen LogP contribution in [0.3, 0.4) is 0 Å². The van der Waals surface area contributed by atoms with Crippen LogP contribution in [0.4, 0.5) is 10.8 Å². The number of carbonyl (C=O) groups is 1. The Morgan fingerprint density at radius 2 is 2.00 bits per heavy atom. The van der Waals surface area contributed by atoms with Crippen LogP contribution in [0.25, 0.3) is 0 Å². The summed E-state index contributed by atoms with van der Waals surface area (Å²) in [6, 6.07) is 5.48. The molecule has 0 spiro atoms. The van der Waals surface area contributed by atoms with E-state index in [-0.39, 0.29) is 0 Å². The van der Waals surface area contributed by atoms with Gasteiger partial charge in [-0.15, -0.1) is 10.2 Å². The van der Waals surface area contributed by atoms with Gasteiger partial charge in [0.15, 0.2) is 4.34 Å². The number of aromatic nitrogens is 2. The highest BCUT2D eigenvalue weighted by atomic mass is 32.2. The molecule has 2 rings (SSSR count). The van der Waals surface area contributed by atoms with Crippen molar-refractivity contribution >= 4 is 49.8 Å². The van der Waals surface area contributed by atoms with Crippen LogP contribution in [0.5, 0.6) is 5.75 Å². The first-order valence-electron chi connectivity index (χ1n) is 7.67. The Labute approximate surface area is 161 Å². The van der Waals surface area contributed by atoms with Crippen LogP contribution >= 0.6 is 23.1 Å². The summed E-state index contributed by atoms with van der Waals surface area (Å²) in [5.74, 6) is 0.947. The summed E-state index contributed by atoms with van der Waals surface area (Å²) in [6.07, 6.45) is 1.06. The van der Waals surface area contributed by atoms with Gasteiger partial charge < -0.3 is 4.74 Å². The molecule has 142 valence electrons. The van der Waals surface area contributed by atoms with Gasteiger partial charge in [0.05, 0.1) is 19.1 Å². The lowest BCUT2D eigenvalue weighted by atomic mass is 10.2. The smallest absolute Gasteiger partial charge is 0.249 e. The van der Waals surface area contributed by atoms with Gasteiger partial charge in [-0.1, -0.05) is 30.0 Å². The molecular formula is C15H20N4O4S3. The molecule has 0 radical (unpaired) electrons. The molecule has 26 heavy (non-hydrogen) atoms. The number of amides is 1. The fourth-order valence-electron chi connectivity index (χ4n) is 2.19. The van der Waals surface area contributed by atoms with Gasteiger partial charge in [-0.2, -0.15) is 0 Å². The second kappa shape index (κ2) is 8.69. The minimum atomic E-state index is -3.68. The molecule has 1 amide bonds. The van der Waals surface area contributed by atoms with E-state index in [1.165, 1.54) is 37.1 Å². The summed E-state index contributed by atoms with van der Waals surface area (Å²) in [7, 11) is -2.16. The van der Waals surface area contributed by atoms with Crippen LogP contribution in [0.2, 0.25) is 0 Å². The van der Waals surface area contributed by atoms with Crippen molar-refractivity contribution in [2.75, 3.05) is 28.7 Å². The van der Waals surface area contributed by atoms with Crippen molar-refractivity contribution in [1.82, 2.24) is 10.2 Å². The highest BCUT2D eigenvalue weighted by Gasteiger charge is 2.29. The SMILES string of the molecule is CCSc1nnc(NC(=O)C(C)N(c2ccc(OC)cc2)S(C)(=O)=O)s1. The molecule has 0 bridgehead atoms. The Balaban J connectivity index is 2.22. The summed E-state index contributed by atoms with van der Waals surface area (Å²) in [6.45, 7) is 3.51. The molecule has 0 saturated heterocycles. The van der Waals surface area contributed by atoms with Crippen LogP contribution in [0, 0.1) is 0 Å². The Morgan fingerprint density at radius 1 is 1.35 bits per heavy atom. The van der Waals surface area contributed by atoms with Crippen molar-refractivity contribution in [3.8, 4) is 5.75 Å². The fraction of sp³-hybridized carbons (Fsp3) is 0.400. The lowest BCUT2D eigenvalue weighted by Gasteiger charge is -2.27. The van der Waals surface area contributed by atoms with E-state index in [4.69, 9.17) is 4.74 Å². The van der Waals surface area contributed by atoms with Crippen LogP contribution in [0.15, 0.2) is 28.6 Å². The van der Waals surface area contributed by atoms with Crippen LogP contribution in [-0.4, -0.2) is 49.7 Å². The number of nitrogens with one attached hydrogen (secondary N) is 1. The summed E-state index contributed by atoms with van der Waals surface area (Å²) in [5, 5.41) is 10.8.